The normalized spacial score (nSPS) is 17.9. The van der Waals surface area contributed by atoms with Crippen molar-refractivity contribution < 1.29 is 5.11 Å². The van der Waals surface area contributed by atoms with Crippen LogP contribution in [0.15, 0.2) is 24.3 Å². The summed E-state index contributed by atoms with van der Waals surface area (Å²) in [5.41, 5.74) is 1.93. The minimum atomic E-state index is 0.317. The third-order valence-corrected chi connectivity index (χ3v) is 3.43. The summed E-state index contributed by atoms with van der Waals surface area (Å²) >= 11 is 0. The molecule has 1 N–H and O–H groups in total. The Kier molecular flexibility index (Phi) is 4.13. The molecule has 0 radical (unpaired) electrons. The van der Waals surface area contributed by atoms with Gasteiger partial charge in [-0.05, 0) is 49.5 Å². The zero-order chi connectivity index (χ0) is 12.1. The third-order valence-electron chi connectivity index (χ3n) is 3.43. The lowest BCUT2D eigenvalue weighted by Crippen LogP contribution is -2.34. The second-order valence-electron chi connectivity index (χ2n) is 4.71. The van der Waals surface area contributed by atoms with E-state index < -0.39 is 0 Å². The maximum absolute atomic E-state index is 9.08. The molecule has 0 saturated carbocycles. The molecular formula is C14H18N2O. The first-order valence-corrected chi connectivity index (χ1v) is 6.14. The van der Waals surface area contributed by atoms with Crippen LogP contribution in [0, 0.1) is 17.2 Å². The molecule has 17 heavy (non-hydrogen) atoms. The van der Waals surface area contributed by atoms with E-state index in [0.717, 1.165) is 38.0 Å². The molecule has 1 heterocycles. The summed E-state index contributed by atoms with van der Waals surface area (Å²) in [5.74, 6) is 0.483. The van der Waals surface area contributed by atoms with Crippen molar-refractivity contribution in [2.24, 2.45) is 5.92 Å². The van der Waals surface area contributed by atoms with E-state index in [0.29, 0.717) is 12.5 Å². The van der Waals surface area contributed by atoms with Crippen LogP contribution in [0.5, 0.6) is 0 Å². The molecule has 1 aromatic rings. The molecule has 0 bridgehead atoms. The molecule has 1 saturated heterocycles. The van der Waals surface area contributed by atoms with Crippen molar-refractivity contribution in [1.82, 2.24) is 4.90 Å². The molecule has 90 valence electrons. The number of benzene rings is 1. The van der Waals surface area contributed by atoms with E-state index in [1.807, 2.05) is 18.2 Å². The molecule has 3 nitrogen and oxygen atoms in total. The van der Waals surface area contributed by atoms with Crippen molar-refractivity contribution in [3.05, 3.63) is 35.4 Å². The first kappa shape index (κ1) is 12.1. The van der Waals surface area contributed by atoms with Gasteiger partial charge in [-0.1, -0.05) is 12.1 Å². The highest BCUT2D eigenvalue weighted by molar-refractivity contribution is 5.32. The second kappa shape index (κ2) is 5.81. The predicted octanol–water partition coefficient (Wildman–Crippen LogP) is 1.76. The van der Waals surface area contributed by atoms with Gasteiger partial charge in [0.1, 0.15) is 0 Å². The van der Waals surface area contributed by atoms with Gasteiger partial charge in [-0.3, -0.25) is 4.90 Å². The van der Waals surface area contributed by atoms with Gasteiger partial charge >= 0.3 is 0 Å². The van der Waals surface area contributed by atoms with E-state index in [9.17, 15) is 0 Å². The van der Waals surface area contributed by atoms with E-state index in [1.54, 1.807) is 0 Å². The molecule has 0 amide bonds. The van der Waals surface area contributed by atoms with Crippen LogP contribution >= 0.6 is 0 Å². The van der Waals surface area contributed by atoms with Crippen LogP contribution in [0.3, 0.4) is 0 Å². The van der Waals surface area contributed by atoms with E-state index in [-0.39, 0.29) is 0 Å². The number of hydrogen-bond donors (Lipinski definition) is 1. The van der Waals surface area contributed by atoms with Gasteiger partial charge in [0, 0.05) is 13.2 Å². The Bertz CT molecular complexity index is 403. The second-order valence-corrected chi connectivity index (χ2v) is 4.71. The Morgan fingerprint density at radius 2 is 2.12 bits per heavy atom. The van der Waals surface area contributed by atoms with Gasteiger partial charge in [0.15, 0.2) is 0 Å². The number of likely N-dealkylation sites (tertiary alicyclic amines) is 1. The van der Waals surface area contributed by atoms with E-state index in [1.165, 1.54) is 5.56 Å². The molecule has 0 spiro atoms. The molecule has 1 aromatic carbocycles. The van der Waals surface area contributed by atoms with Crippen molar-refractivity contribution >= 4 is 0 Å². The summed E-state index contributed by atoms with van der Waals surface area (Å²) in [6, 6.07) is 9.97. The van der Waals surface area contributed by atoms with Crippen LogP contribution in [-0.4, -0.2) is 29.7 Å². The largest absolute Gasteiger partial charge is 0.396 e. The number of hydrogen-bond acceptors (Lipinski definition) is 3. The molecule has 1 aliphatic heterocycles. The Labute approximate surface area is 102 Å². The summed E-state index contributed by atoms with van der Waals surface area (Å²) in [6.45, 7) is 3.31. The number of aliphatic hydroxyl groups is 1. The lowest BCUT2D eigenvalue weighted by atomic mass is 9.97. The van der Waals surface area contributed by atoms with E-state index >= 15 is 0 Å². The topological polar surface area (TPSA) is 47.3 Å². The monoisotopic (exact) mass is 230 g/mol. The standard InChI is InChI=1S/C14H18N2O/c15-9-13-2-1-3-14(8-13)10-16-6-4-12(11-17)5-7-16/h1-3,8,12,17H,4-7,10-11H2. The van der Waals surface area contributed by atoms with Crippen LogP contribution in [0.1, 0.15) is 24.0 Å². The fourth-order valence-corrected chi connectivity index (χ4v) is 2.32. The minimum absolute atomic E-state index is 0.317. The average molecular weight is 230 g/mol. The van der Waals surface area contributed by atoms with Crippen molar-refractivity contribution in [1.29, 1.82) is 5.26 Å². The predicted molar refractivity (Wildman–Crippen MR) is 66.2 cm³/mol. The van der Waals surface area contributed by atoms with Gasteiger partial charge in [-0.2, -0.15) is 5.26 Å². The maximum Gasteiger partial charge on any atom is 0.0991 e. The Hall–Kier alpha value is -1.37. The SMILES string of the molecule is N#Cc1cccc(CN2CCC(CO)CC2)c1. The van der Waals surface area contributed by atoms with Gasteiger partial charge in [-0.25, -0.2) is 0 Å². The smallest absolute Gasteiger partial charge is 0.0991 e. The molecule has 0 atom stereocenters. The lowest BCUT2D eigenvalue weighted by molar-refractivity contribution is 0.127. The Morgan fingerprint density at radius 1 is 1.35 bits per heavy atom. The summed E-state index contributed by atoms with van der Waals surface area (Å²) in [6.07, 6.45) is 2.16. The number of rotatable bonds is 3. The van der Waals surface area contributed by atoms with Crippen LogP contribution in [-0.2, 0) is 6.54 Å². The number of nitrogens with zero attached hydrogens (tertiary/aromatic N) is 2. The summed E-state index contributed by atoms with van der Waals surface area (Å²) in [5, 5.41) is 17.9. The van der Waals surface area contributed by atoms with Gasteiger partial charge in [0.25, 0.3) is 0 Å². The molecular weight excluding hydrogens is 212 g/mol. The zero-order valence-electron chi connectivity index (χ0n) is 9.97. The van der Waals surface area contributed by atoms with Crippen molar-refractivity contribution in [3.8, 4) is 6.07 Å². The van der Waals surface area contributed by atoms with Gasteiger partial charge in [-0.15, -0.1) is 0 Å². The lowest BCUT2D eigenvalue weighted by Gasteiger charge is -2.31. The first-order chi connectivity index (χ1) is 8.31. The summed E-state index contributed by atoms with van der Waals surface area (Å²) < 4.78 is 0. The highest BCUT2D eigenvalue weighted by Crippen LogP contribution is 2.18. The fraction of sp³-hybridized carbons (Fsp3) is 0.500. The van der Waals surface area contributed by atoms with E-state index in [2.05, 4.69) is 17.0 Å². The van der Waals surface area contributed by atoms with Crippen LogP contribution in [0.2, 0.25) is 0 Å². The third kappa shape index (κ3) is 3.29. The molecule has 1 fully saturated rings. The van der Waals surface area contributed by atoms with Gasteiger partial charge < -0.3 is 5.11 Å². The van der Waals surface area contributed by atoms with Gasteiger partial charge in [0.2, 0.25) is 0 Å². The molecule has 0 unspecified atom stereocenters. The van der Waals surface area contributed by atoms with Gasteiger partial charge in [0.05, 0.1) is 11.6 Å². The first-order valence-electron chi connectivity index (χ1n) is 6.14. The van der Waals surface area contributed by atoms with Crippen molar-refractivity contribution in [3.63, 3.8) is 0 Å². The number of aliphatic hydroxyl groups excluding tert-OH is 1. The molecule has 1 aliphatic rings. The number of piperidine rings is 1. The fourth-order valence-electron chi connectivity index (χ4n) is 2.32. The molecule has 3 heteroatoms. The minimum Gasteiger partial charge on any atom is -0.396 e. The van der Waals surface area contributed by atoms with Crippen molar-refractivity contribution in [2.45, 2.75) is 19.4 Å². The van der Waals surface area contributed by atoms with Crippen LogP contribution in [0.25, 0.3) is 0 Å². The van der Waals surface area contributed by atoms with Crippen molar-refractivity contribution in [2.75, 3.05) is 19.7 Å². The summed E-state index contributed by atoms with van der Waals surface area (Å²) in [4.78, 5) is 2.39. The average Bonchev–Trinajstić information content (AvgIpc) is 2.40. The quantitative estimate of drug-likeness (QED) is 0.860. The molecule has 2 rings (SSSR count). The number of nitriles is 1. The summed E-state index contributed by atoms with van der Waals surface area (Å²) in [7, 11) is 0. The van der Waals surface area contributed by atoms with Crippen LogP contribution in [0.4, 0.5) is 0 Å². The highest BCUT2D eigenvalue weighted by atomic mass is 16.3. The highest BCUT2D eigenvalue weighted by Gasteiger charge is 2.18. The molecule has 0 aromatic heterocycles. The van der Waals surface area contributed by atoms with E-state index in [4.69, 9.17) is 10.4 Å². The molecule has 0 aliphatic carbocycles. The Morgan fingerprint density at radius 3 is 2.76 bits per heavy atom. The zero-order valence-corrected chi connectivity index (χ0v) is 9.97. The maximum atomic E-state index is 9.08. The van der Waals surface area contributed by atoms with Crippen LogP contribution < -0.4 is 0 Å². The Balaban J connectivity index is 1.91.